The summed E-state index contributed by atoms with van der Waals surface area (Å²) in [5.74, 6) is 0.827. The molecule has 0 atom stereocenters. The van der Waals surface area contributed by atoms with Crippen LogP contribution in [-0.4, -0.2) is 5.88 Å². The van der Waals surface area contributed by atoms with Gasteiger partial charge in [0, 0.05) is 5.88 Å². The van der Waals surface area contributed by atoms with Crippen LogP contribution in [-0.2, 0) is 0 Å². The second kappa shape index (κ2) is 15.6. The van der Waals surface area contributed by atoms with E-state index in [2.05, 4.69) is 24.9 Å². The van der Waals surface area contributed by atoms with Crippen molar-refractivity contribution < 1.29 is 0 Å². The Kier molecular flexibility index (Phi) is 22.3. The zero-order valence-corrected chi connectivity index (χ0v) is 6.88. The number of halogens is 1. The van der Waals surface area contributed by atoms with E-state index in [4.69, 9.17) is 11.6 Å². The van der Waals surface area contributed by atoms with Crippen LogP contribution < -0.4 is 5.14 Å². The van der Waals surface area contributed by atoms with Crippen LogP contribution in [0.5, 0.6) is 0 Å². The lowest BCUT2D eigenvalue weighted by atomic mass is 10.3. The topological polar surface area (TPSA) is 26.0 Å². The number of rotatable bonds is 3. The van der Waals surface area contributed by atoms with Crippen LogP contribution >= 0.6 is 24.4 Å². The molecule has 0 amide bonds. The second-order valence-corrected chi connectivity index (χ2v) is 1.77. The third-order valence-corrected chi connectivity index (χ3v) is 1.00. The molecule has 0 radical (unpaired) electrons. The summed E-state index contributed by atoms with van der Waals surface area (Å²) in [5.41, 5.74) is 0. The normalized spacial score (nSPS) is 7.50. The Bertz CT molecular complexity index is 24.4. The fraction of sp³-hybridized carbons (Fsp3) is 1.00. The van der Waals surface area contributed by atoms with Crippen molar-refractivity contribution in [3.05, 3.63) is 0 Å². The lowest BCUT2D eigenvalue weighted by Gasteiger charge is -1.84. The van der Waals surface area contributed by atoms with Gasteiger partial charge in [0.2, 0.25) is 0 Å². The lowest BCUT2D eigenvalue weighted by Crippen LogP contribution is -1.70. The molecule has 52 valence electrons. The molecule has 0 spiro atoms. The Balaban J connectivity index is 0. The summed E-state index contributed by atoms with van der Waals surface area (Å²) in [6.07, 6.45) is 3.73. The van der Waals surface area contributed by atoms with Gasteiger partial charge in [-0.15, -0.1) is 24.4 Å². The molecule has 0 rings (SSSR count). The first-order valence-electron chi connectivity index (χ1n) is 2.73. The number of thiol groups is 1. The van der Waals surface area contributed by atoms with E-state index in [0.717, 1.165) is 5.88 Å². The monoisotopic (exact) mass is 155 g/mol. The number of nitrogens with two attached hydrogens (primary N) is 1. The van der Waals surface area contributed by atoms with Crippen LogP contribution in [0.15, 0.2) is 0 Å². The Morgan fingerprint density at radius 2 is 1.88 bits per heavy atom. The van der Waals surface area contributed by atoms with Crippen molar-refractivity contribution >= 4 is 24.4 Å². The first-order chi connectivity index (χ1) is 3.91. The Labute approximate surface area is 62.1 Å². The van der Waals surface area contributed by atoms with E-state index in [1.54, 1.807) is 0 Å². The quantitative estimate of drug-likeness (QED) is 0.365. The van der Waals surface area contributed by atoms with Crippen molar-refractivity contribution in [3.8, 4) is 0 Å². The summed E-state index contributed by atoms with van der Waals surface area (Å²) < 4.78 is 0. The molecule has 0 aliphatic carbocycles. The maximum Gasteiger partial charge on any atom is 0.0223 e. The Morgan fingerprint density at radius 3 is 2.00 bits per heavy atom. The van der Waals surface area contributed by atoms with Crippen molar-refractivity contribution in [2.45, 2.75) is 26.2 Å². The summed E-state index contributed by atoms with van der Waals surface area (Å²) in [6.45, 7) is 2.17. The molecule has 0 saturated heterocycles. The van der Waals surface area contributed by atoms with E-state index in [1.165, 1.54) is 19.3 Å². The fourth-order valence-corrected chi connectivity index (χ4v) is 0.533. The fourth-order valence-electron chi connectivity index (χ4n) is 0.344. The first-order valence-corrected chi connectivity index (χ1v) is 3.78. The van der Waals surface area contributed by atoms with Gasteiger partial charge in [0.1, 0.15) is 0 Å². The molecular formula is C5H14ClNS. The van der Waals surface area contributed by atoms with Gasteiger partial charge in [0.25, 0.3) is 0 Å². The molecule has 0 fully saturated rings. The highest BCUT2D eigenvalue weighted by Crippen LogP contribution is 1.93. The van der Waals surface area contributed by atoms with Crippen molar-refractivity contribution in [2.24, 2.45) is 5.14 Å². The van der Waals surface area contributed by atoms with Gasteiger partial charge in [-0.2, -0.15) is 0 Å². The SMILES string of the molecule is CCCCCCl.NS. The molecule has 0 aromatic rings. The minimum absolute atomic E-state index is 0.827. The summed E-state index contributed by atoms with van der Waals surface area (Å²) in [6, 6.07) is 0. The molecule has 8 heavy (non-hydrogen) atoms. The van der Waals surface area contributed by atoms with Crippen LogP contribution in [0.25, 0.3) is 0 Å². The Hall–Kier alpha value is 0.600. The maximum absolute atomic E-state index is 5.38. The number of hydrogen-bond donors (Lipinski definition) is 2. The predicted molar refractivity (Wildman–Crippen MR) is 43.4 cm³/mol. The standard InChI is InChI=1S/C5H11Cl.H3NS/c1-2-3-4-5-6;1-2/h2-5H2,1H3;2H,1H2. The average Bonchev–Trinajstić information content (AvgIpc) is 1.88. The van der Waals surface area contributed by atoms with Gasteiger partial charge in [-0.3, -0.25) is 5.14 Å². The van der Waals surface area contributed by atoms with Crippen molar-refractivity contribution in [2.75, 3.05) is 5.88 Å². The molecule has 0 aliphatic heterocycles. The van der Waals surface area contributed by atoms with E-state index in [0.29, 0.717) is 0 Å². The predicted octanol–water partition coefficient (Wildman–Crippen LogP) is 2.21. The van der Waals surface area contributed by atoms with Gasteiger partial charge in [0.05, 0.1) is 0 Å². The molecule has 3 heteroatoms. The molecule has 0 aliphatic rings. The minimum atomic E-state index is 0.827. The van der Waals surface area contributed by atoms with E-state index in [-0.39, 0.29) is 0 Å². The zero-order chi connectivity index (χ0) is 6.83. The van der Waals surface area contributed by atoms with E-state index >= 15 is 0 Å². The highest BCUT2D eigenvalue weighted by atomic mass is 35.5. The Morgan fingerprint density at radius 1 is 1.38 bits per heavy atom. The molecule has 0 bridgehead atoms. The summed E-state index contributed by atoms with van der Waals surface area (Å²) in [7, 11) is 0. The van der Waals surface area contributed by atoms with E-state index < -0.39 is 0 Å². The number of unbranched alkanes of at least 4 members (excludes halogenated alkanes) is 2. The maximum atomic E-state index is 5.38. The minimum Gasteiger partial charge on any atom is -0.281 e. The summed E-state index contributed by atoms with van der Waals surface area (Å²) in [5, 5.41) is 4.19. The third kappa shape index (κ3) is 16.0. The van der Waals surface area contributed by atoms with Crippen LogP contribution in [0.2, 0.25) is 0 Å². The molecule has 0 unspecified atom stereocenters. The number of hydrogen-bond acceptors (Lipinski definition) is 2. The van der Waals surface area contributed by atoms with Gasteiger partial charge in [0.15, 0.2) is 0 Å². The highest BCUT2D eigenvalue weighted by Gasteiger charge is 1.76. The molecular weight excluding hydrogens is 142 g/mol. The van der Waals surface area contributed by atoms with Gasteiger partial charge < -0.3 is 0 Å². The lowest BCUT2D eigenvalue weighted by molar-refractivity contribution is 0.776. The van der Waals surface area contributed by atoms with Crippen LogP contribution in [0.1, 0.15) is 26.2 Å². The first kappa shape index (κ1) is 11.4. The van der Waals surface area contributed by atoms with Crippen molar-refractivity contribution in [1.82, 2.24) is 0 Å². The van der Waals surface area contributed by atoms with Gasteiger partial charge in [-0.25, -0.2) is 0 Å². The van der Waals surface area contributed by atoms with E-state index in [9.17, 15) is 0 Å². The van der Waals surface area contributed by atoms with Crippen LogP contribution in [0.3, 0.4) is 0 Å². The zero-order valence-electron chi connectivity index (χ0n) is 5.23. The van der Waals surface area contributed by atoms with Gasteiger partial charge in [-0.05, 0) is 6.42 Å². The average molecular weight is 156 g/mol. The van der Waals surface area contributed by atoms with E-state index in [1.807, 2.05) is 0 Å². The second-order valence-electron chi connectivity index (χ2n) is 1.40. The molecule has 0 saturated carbocycles. The van der Waals surface area contributed by atoms with Crippen molar-refractivity contribution in [3.63, 3.8) is 0 Å². The summed E-state index contributed by atoms with van der Waals surface area (Å²) >= 11 is 8.41. The van der Waals surface area contributed by atoms with Crippen LogP contribution in [0.4, 0.5) is 0 Å². The molecule has 0 heterocycles. The van der Waals surface area contributed by atoms with Crippen molar-refractivity contribution in [1.29, 1.82) is 0 Å². The summed E-state index contributed by atoms with van der Waals surface area (Å²) in [4.78, 5) is 0. The molecule has 2 N–H and O–H groups in total. The van der Waals surface area contributed by atoms with Crippen LogP contribution in [0, 0.1) is 0 Å². The molecule has 0 aromatic heterocycles. The molecule has 0 aromatic carbocycles. The largest absolute Gasteiger partial charge is 0.281 e. The number of alkyl halides is 1. The highest BCUT2D eigenvalue weighted by molar-refractivity contribution is 7.77. The van der Waals surface area contributed by atoms with Gasteiger partial charge in [-0.1, -0.05) is 19.8 Å². The molecule has 1 nitrogen and oxygen atoms in total. The smallest absolute Gasteiger partial charge is 0.0223 e. The van der Waals surface area contributed by atoms with Gasteiger partial charge >= 0.3 is 0 Å². The third-order valence-electron chi connectivity index (χ3n) is 0.737.